The molecule has 0 amide bonds. The first kappa shape index (κ1) is 19.7. The van der Waals surface area contributed by atoms with E-state index in [1.165, 1.54) is 12.5 Å². The highest BCUT2D eigenvalue weighted by Gasteiger charge is 2.23. The van der Waals surface area contributed by atoms with Crippen molar-refractivity contribution in [2.45, 2.75) is 31.7 Å². The van der Waals surface area contributed by atoms with Gasteiger partial charge in [0.25, 0.3) is 0 Å². The van der Waals surface area contributed by atoms with Crippen molar-refractivity contribution in [2.75, 3.05) is 18.1 Å². The number of hydrogen-bond donors (Lipinski definition) is 2. The first-order valence-corrected chi connectivity index (χ1v) is 11.4. The molecular weight excluding hydrogens is 395 g/mol. The van der Waals surface area contributed by atoms with E-state index in [4.69, 9.17) is 0 Å². The first-order chi connectivity index (χ1) is 13.9. The third kappa shape index (κ3) is 4.70. The van der Waals surface area contributed by atoms with Gasteiger partial charge >= 0.3 is 0 Å². The van der Waals surface area contributed by atoms with Crippen molar-refractivity contribution in [1.29, 1.82) is 0 Å². The Labute approximate surface area is 168 Å². The van der Waals surface area contributed by atoms with Crippen molar-refractivity contribution < 1.29 is 12.8 Å². The Bertz CT molecular complexity index is 1110. The Morgan fingerprint density at radius 3 is 2.72 bits per heavy atom. The molecule has 0 saturated heterocycles. The van der Waals surface area contributed by atoms with Gasteiger partial charge in [0.05, 0.1) is 24.3 Å². The summed E-state index contributed by atoms with van der Waals surface area (Å²) in [4.78, 5) is 12.7. The zero-order valence-electron chi connectivity index (χ0n) is 16.0. The highest BCUT2D eigenvalue weighted by atomic mass is 32.2. The van der Waals surface area contributed by atoms with Crippen LogP contribution >= 0.6 is 0 Å². The maximum absolute atomic E-state index is 14.4. The summed E-state index contributed by atoms with van der Waals surface area (Å²) in [6.07, 6.45) is 9.18. The summed E-state index contributed by atoms with van der Waals surface area (Å²) in [6.45, 7) is 0.657. The summed E-state index contributed by atoms with van der Waals surface area (Å²) in [5.41, 5.74) is 1.48. The second-order valence-electron chi connectivity index (χ2n) is 7.45. The lowest BCUT2D eigenvalue weighted by Crippen LogP contribution is -2.37. The van der Waals surface area contributed by atoms with Crippen LogP contribution in [0.5, 0.6) is 0 Å². The Kier molecular flexibility index (Phi) is 5.46. The van der Waals surface area contributed by atoms with Crippen LogP contribution in [0.1, 0.15) is 25.7 Å². The number of sulfonamides is 1. The van der Waals surface area contributed by atoms with Gasteiger partial charge in [0.2, 0.25) is 16.0 Å². The standard InChI is InChI=1S/C19H23FN6O2S/c1-29(27,28)25-14-7-5-13(6-8-14)10-22-19-23-11-15(20)18(24-19)16-12-21-17-4-2-3-9-26(16)17/h2-4,9,11-14,25H,5-8,10H2,1H3,(H,22,23,24). The fourth-order valence-electron chi connectivity index (χ4n) is 3.76. The molecule has 3 aromatic rings. The Balaban J connectivity index is 1.41. The van der Waals surface area contributed by atoms with Gasteiger partial charge in [-0.2, -0.15) is 0 Å². The van der Waals surface area contributed by atoms with E-state index < -0.39 is 15.8 Å². The van der Waals surface area contributed by atoms with Gasteiger partial charge in [-0.05, 0) is 43.7 Å². The Morgan fingerprint density at radius 1 is 1.17 bits per heavy atom. The molecule has 1 saturated carbocycles. The van der Waals surface area contributed by atoms with Crippen molar-refractivity contribution >= 4 is 21.6 Å². The number of nitrogens with zero attached hydrogens (tertiary/aromatic N) is 4. The molecule has 0 aromatic carbocycles. The van der Waals surface area contributed by atoms with Gasteiger partial charge in [0.15, 0.2) is 5.82 Å². The number of pyridine rings is 1. The van der Waals surface area contributed by atoms with E-state index in [9.17, 15) is 12.8 Å². The molecule has 10 heteroatoms. The minimum atomic E-state index is -3.17. The number of fused-ring (bicyclic) bond motifs is 1. The van der Waals surface area contributed by atoms with E-state index in [-0.39, 0.29) is 11.7 Å². The highest BCUT2D eigenvalue weighted by molar-refractivity contribution is 7.88. The summed E-state index contributed by atoms with van der Waals surface area (Å²) in [5, 5.41) is 3.20. The number of rotatable bonds is 6. The molecule has 0 spiro atoms. The second-order valence-corrected chi connectivity index (χ2v) is 9.23. The van der Waals surface area contributed by atoms with E-state index in [1.807, 2.05) is 24.4 Å². The number of anilines is 1. The molecule has 1 aliphatic rings. The third-order valence-corrected chi connectivity index (χ3v) is 5.94. The highest BCUT2D eigenvalue weighted by Crippen LogP contribution is 2.26. The van der Waals surface area contributed by atoms with E-state index in [2.05, 4.69) is 25.0 Å². The molecule has 0 atom stereocenters. The van der Waals surface area contributed by atoms with Crippen molar-refractivity contribution in [1.82, 2.24) is 24.1 Å². The van der Waals surface area contributed by atoms with Gasteiger partial charge in [-0.1, -0.05) is 6.07 Å². The van der Waals surface area contributed by atoms with E-state index >= 15 is 0 Å². The Morgan fingerprint density at radius 2 is 1.97 bits per heavy atom. The minimum Gasteiger partial charge on any atom is -0.354 e. The van der Waals surface area contributed by atoms with Crippen LogP contribution in [0.25, 0.3) is 17.0 Å². The van der Waals surface area contributed by atoms with Crippen LogP contribution in [0.4, 0.5) is 10.3 Å². The SMILES string of the molecule is CS(=O)(=O)NC1CCC(CNc2ncc(F)c(-c3cnc4ccccn34)n2)CC1. The lowest BCUT2D eigenvalue weighted by atomic mass is 9.86. The number of imidazole rings is 1. The smallest absolute Gasteiger partial charge is 0.223 e. The van der Waals surface area contributed by atoms with Crippen molar-refractivity contribution in [3.8, 4) is 11.4 Å². The van der Waals surface area contributed by atoms with Gasteiger partial charge in [-0.3, -0.25) is 4.40 Å². The molecule has 4 rings (SSSR count). The number of halogens is 1. The van der Waals surface area contributed by atoms with Gasteiger partial charge < -0.3 is 5.32 Å². The van der Waals surface area contributed by atoms with Crippen LogP contribution in [0.2, 0.25) is 0 Å². The number of hydrogen-bond acceptors (Lipinski definition) is 6. The predicted octanol–water partition coefficient (Wildman–Crippen LogP) is 2.45. The van der Waals surface area contributed by atoms with Gasteiger partial charge in [0.1, 0.15) is 11.3 Å². The van der Waals surface area contributed by atoms with Gasteiger partial charge in [-0.15, -0.1) is 0 Å². The van der Waals surface area contributed by atoms with Crippen LogP contribution in [0, 0.1) is 11.7 Å². The summed E-state index contributed by atoms with van der Waals surface area (Å²) in [5.74, 6) is 0.248. The van der Waals surface area contributed by atoms with Crippen LogP contribution in [0.15, 0.2) is 36.8 Å². The largest absolute Gasteiger partial charge is 0.354 e. The predicted molar refractivity (Wildman–Crippen MR) is 108 cm³/mol. The molecule has 3 heterocycles. The van der Waals surface area contributed by atoms with E-state index in [0.29, 0.717) is 24.1 Å². The number of nitrogens with one attached hydrogen (secondary N) is 2. The van der Waals surface area contributed by atoms with Crippen molar-refractivity contribution in [2.24, 2.45) is 5.92 Å². The zero-order valence-corrected chi connectivity index (χ0v) is 16.9. The van der Waals surface area contributed by atoms with Crippen molar-refractivity contribution in [3.05, 3.63) is 42.6 Å². The van der Waals surface area contributed by atoms with Crippen molar-refractivity contribution in [3.63, 3.8) is 0 Å². The lowest BCUT2D eigenvalue weighted by molar-refractivity contribution is 0.324. The summed E-state index contributed by atoms with van der Waals surface area (Å²) >= 11 is 0. The van der Waals surface area contributed by atoms with Crippen LogP contribution in [-0.2, 0) is 10.0 Å². The first-order valence-electron chi connectivity index (χ1n) is 9.55. The van der Waals surface area contributed by atoms with Crippen LogP contribution in [-0.4, -0.2) is 46.6 Å². The molecular formula is C19H23FN6O2S. The fourth-order valence-corrected chi connectivity index (χ4v) is 4.60. The molecule has 3 aromatic heterocycles. The third-order valence-electron chi connectivity index (χ3n) is 5.18. The molecule has 0 aliphatic heterocycles. The number of aromatic nitrogens is 4. The van der Waals surface area contributed by atoms with E-state index in [1.54, 1.807) is 10.6 Å². The monoisotopic (exact) mass is 418 g/mol. The summed E-state index contributed by atoms with van der Waals surface area (Å²) < 4.78 is 41.5. The maximum atomic E-state index is 14.4. The molecule has 1 aliphatic carbocycles. The maximum Gasteiger partial charge on any atom is 0.223 e. The normalized spacial score (nSPS) is 20.1. The average molecular weight is 418 g/mol. The lowest BCUT2D eigenvalue weighted by Gasteiger charge is -2.28. The summed E-state index contributed by atoms with van der Waals surface area (Å²) in [7, 11) is -3.17. The van der Waals surface area contributed by atoms with Crippen LogP contribution in [0.3, 0.4) is 0 Å². The zero-order chi connectivity index (χ0) is 20.4. The summed E-state index contributed by atoms with van der Waals surface area (Å²) in [6, 6.07) is 5.57. The molecule has 0 radical (unpaired) electrons. The molecule has 2 N–H and O–H groups in total. The van der Waals surface area contributed by atoms with Crippen LogP contribution < -0.4 is 10.0 Å². The fraction of sp³-hybridized carbons (Fsp3) is 0.421. The molecule has 1 fully saturated rings. The van der Waals surface area contributed by atoms with Gasteiger partial charge in [-0.25, -0.2) is 32.5 Å². The Hall–Kier alpha value is -2.59. The molecule has 0 unspecified atom stereocenters. The van der Waals surface area contributed by atoms with E-state index in [0.717, 1.165) is 31.3 Å². The quantitative estimate of drug-likeness (QED) is 0.638. The molecule has 154 valence electrons. The molecule has 8 nitrogen and oxygen atoms in total. The average Bonchev–Trinajstić information content (AvgIpc) is 3.11. The molecule has 29 heavy (non-hydrogen) atoms. The molecule has 0 bridgehead atoms. The topological polar surface area (TPSA) is 101 Å². The minimum absolute atomic E-state index is 0.00469. The van der Waals surface area contributed by atoms with Gasteiger partial charge in [0, 0.05) is 18.8 Å². The second kappa shape index (κ2) is 8.03.